The van der Waals surface area contributed by atoms with Gasteiger partial charge in [0.1, 0.15) is 5.75 Å². The molecule has 0 N–H and O–H groups in total. The molecule has 124 valence electrons. The fourth-order valence-corrected chi connectivity index (χ4v) is 3.64. The first-order valence-corrected chi connectivity index (χ1v) is 8.91. The maximum absolute atomic E-state index is 12.7. The van der Waals surface area contributed by atoms with Gasteiger partial charge in [-0.3, -0.25) is 4.79 Å². The summed E-state index contributed by atoms with van der Waals surface area (Å²) < 4.78 is 5.47. The second-order valence-corrected chi connectivity index (χ2v) is 7.10. The van der Waals surface area contributed by atoms with Crippen LogP contribution in [0.25, 0.3) is 10.4 Å². The van der Waals surface area contributed by atoms with Gasteiger partial charge in [0.05, 0.1) is 11.5 Å². The van der Waals surface area contributed by atoms with Gasteiger partial charge in [0.25, 0.3) is 5.91 Å². The summed E-state index contributed by atoms with van der Waals surface area (Å²) in [4.78, 5) is 16.5. The van der Waals surface area contributed by atoms with Crippen LogP contribution in [0, 0.1) is 0 Å². The molecule has 0 radical (unpaired) electrons. The third-order valence-electron chi connectivity index (χ3n) is 3.61. The van der Waals surface area contributed by atoms with Crippen molar-refractivity contribution in [2.45, 2.75) is 46.7 Å². The van der Waals surface area contributed by atoms with E-state index in [0.29, 0.717) is 6.61 Å². The highest BCUT2D eigenvalue weighted by Crippen LogP contribution is 2.30. The molecule has 0 fully saturated rings. The van der Waals surface area contributed by atoms with Crippen LogP contribution < -0.4 is 4.74 Å². The predicted octanol–water partition coefficient (Wildman–Crippen LogP) is 5.07. The largest absolute Gasteiger partial charge is 0.494 e. The molecule has 0 unspecified atom stereocenters. The number of nitrogens with zero attached hydrogens (tertiary/aromatic N) is 1. The summed E-state index contributed by atoms with van der Waals surface area (Å²) >= 11 is 1.54. The lowest BCUT2D eigenvalue weighted by Crippen LogP contribution is -2.41. The van der Waals surface area contributed by atoms with Gasteiger partial charge in [-0.15, -0.1) is 11.3 Å². The van der Waals surface area contributed by atoms with E-state index in [-0.39, 0.29) is 18.0 Å². The van der Waals surface area contributed by atoms with E-state index in [2.05, 4.69) is 27.7 Å². The fraction of sp³-hybridized carbons (Fsp3) is 0.421. The molecule has 0 saturated heterocycles. The summed E-state index contributed by atoms with van der Waals surface area (Å²) in [6.07, 6.45) is 0. The first-order chi connectivity index (χ1) is 10.9. The minimum Gasteiger partial charge on any atom is -0.494 e. The fourth-order valence-electron chi connectivity index (χ4n) is 2.68. The zero-order valence-corrected chi connectivity index (χ0v) is 15.3. The lowest BCUT2D eigenvalue weighted by molar-refractivity contribution is 0.0649. The first kappa shape index (κ1) is 17.5. The third kappa shape index (κ3) is 4.14. The summed E-state index contributed by atoms with van der Waals surface area (Å²) in [5.74, 6) is 0.979. The Kier molecular flexibility index (Phi) is 5.83. The van der Waals surface area contributed by atoms with E-state index in [1.807, 2.05) is 48.2 Å². The molecule has 1 aromatic carbocycles. The van der Waals surface area contributed by atoms with Crippen LogP contribution in [0.3, 0.4) is 0 Å². The Hall–Kier alpha value is -1.81. The van der Waals surface area contributed by atoms with Crippen molar-refractivity contribution in [3.8, 4) is 16.2 Å². The highest BCUT2D eigenvalue weighted by molar-refractivity contribution is 7.17. The monoisotopic (exact) mass is 331 g/mol. The lowest BCUT2D eigenvalue weighted by Gasteiger charge is -2.30. The maximum atomic E-state index is 12.7. The Morgan fingerprint density at radius 2 is 1.65 bits per heavy atom. The van der Waals surface area contributed by atoms with Crippen LogP contribution in [0.1, 0.15) is 44.3 Å². The first-order valence-electron chi connectivity index (χ1n) is 8.09. The molecule has 0 aliphatic heterocycles. The number of hydrogen-bond donors (Lipinski definition) is 0. The van der Waals surface area contributed by atoms with Crippen molar-refractivity contribution in [1.29, 1.82) is 0 Å². The smallest absolute Gasteiger partial charge is 0.264 e. The van der Waals surface area contributed by atoms with E-state index in [0.717, 1.165) is 21.1 Å². The van der Waals surface area contributed by atoms with E-state index in [4.69, 9.17) is 4.74 Å². The Morgan fingerprint density at radius 3 is 2.17 bits per heavy atom. The quantitative estimate of drug-likeness (QED) is 0.739. The van der Waals surface area contributed by atoms with Gasteiger partial charge < -0.3 is 9.64 Å². The Bertz CT molecular complexity index is 636. The van der Waals surface area contributed by atoms with Crippen molar-refractivity contribution >= 4 is 17.2 Å². The average Bonchev–Trinajstić information content (AvgIpc) is 2.97. The van der Waals surface area contributed by atoms with Gasteiger partial charge in [-0.2, -0.15) is 0 Å². The van der Waals surface area contributed by atoms with Gasteiger partial charge in [0.15, 0.2) is 0 Å². The summed E-state index contributed by atoms with van der Waals surface area (Å²) in [6.45, 7) is 10.9. The Labute approximate surface area is 142 Å². The summed E-state index contributed by atoms with van der Waals surface area (Å²) in [5, 5.41) is 0. The summed E-state index contributed by atoms with van der Waals surface area (Å²) in [5.41, 5.74) is 1.11. The molecule has 0 bridgehead atoms. The van der Waals surface area contributed by atoms with Gasteiger partial charge >= 0.3 is 0 Å². The van der Waals surface area contributed by atoms with Crippen LogP contribution in [-0.2, 0) is 0 Å². The minimum absolute atomic E-state index is 0.109. The molecule has 0 atom stereocenters. The number of thiophene rings is 1. The molecule has 23 heavy (non-hydrogen) atoms. The molecule has 1 heterocycles. The number of ether oxygens (including phenoxy) is 1. The van der Waals surface area contributed by atoms with Crippen LogP contribution in [0.2, 0.25) is 0 Å². The molecule has 1 amide bonds. The molecule has 0 aliphatic carbocycles. The van der Waals surface area contributed by atoms with Crippen LogP contribution in [0.5, 0.6) is 5.75 Å². The van der Waals surface area contributed by atoms with Crippen LogP contribution in [0.15, 0.2) is 36.4 Å². The molecule has 2 rings (SSSR count). The van der Waals surface area contributed by atoms with Gasteiger partial charge in [0, 0.05) is 17.0 Å². The Balaban J connectivity index is 2.21. The van der Waals surface area contributed by atoms with Crippen molar-refractivity contribution in [3.05, 3.63) is 41.3 Å². The van der Waals surface area contributed by atoms with E-state index in [1.54, 1.807) is 11.3 Å². The number of benzene rings is 1. The molecule has 1 aromatic heterocycles. The number of hydrogen-bond acceptors (Lipinski definition) is 3. The van der Waals surface area contributed by atoms with E-state index in [1.165, 1.54) is 0 Å². The van der Waals surface area contributed by atoms with Gasteiger partial charge in [-0.25, -0.2) is 0 Å². The number of amides is 1. The number of carbonyl (C=O) groups excluding carboxylic acids is 1. The molecular formula is C19H25NO2S. The minimum atomic E-state index is 0.109. The summed E-state index contributed by atoms with van der Waals surface area (Å²) in [6, 6.07) is 12.3. The predicted molar refractivity (Wildman–Crippen MR) is 97.4 cm³/mol. The second-order valence-electron chi connectivity index (χ2n) is 6.02. The van der Waals surface area contributed by atoms with E-state index >= 15 is 0 Å². The standard InChI is InChI=1S/C19H25NO2S/c1-6-22-16-9-7-15(8-10-16)17-11-12-18(23-17)19(21)20(13(2)3)14(4)5/h7-14H,6H2,1-5H3. The normalized spacial score (nSPS) is 11.1. The molecular weight excluding hydrogens is 306 g/mol. The van der Waals surface area contributed by atoms with E-state index in [9.17, 15) is 4.79 Å². The lowest BCUT2D eigenvalue weighted by atomic mass is 10.2. The SMILES string of the molecule is CCOc1ccc(-c2ccc(C(=O)N(C(C)C)C(C)C)s2)cc1. The molecule has 0 aliphatic rings. The highest BCUT2D eigenvalue weighted by atomic mass is 32.1. The van der Waals surface area contributed by atoms with Gasteiger partial charge in [0.2, 0.25) is 0 Å². The number of carbonyl (C=O) groups is 1. The maximum Gasteiger partial charge on any atom is 0.264 e. The van der Waals surface area contributed by atoms with Crippen LogP contribution in [0.4, 0.5) is 0 Å². The molecule has 3 nitrogen and oxygen atoms in total. The van der Waals surface area contributed by atoms with Crippen LogP contribution >= 0.6 is 11.3 Å². The van der Waals surface area contributed by atoms with Crippen molar-refractivity contribution in [2.24, 2.45) is 0 Å². The second kappa shape index (κ2) is 7.64. The average molecular weight is 331 g/mol. The van der Waals surface area contributed by atoms with Crippen molar-refractivity contribution in [2.75, 3.05) is 6.61 Å². The van der Waals surface area contributed by atoms with Gasteiger partial charge in [-0.05, 0) is 76.6 Å². The zero-order valence-electron chi connectivity index (χ0n) is 14.5. The molecule has 0 spiro atoms. The van der Waals surface area contributed by atoms with Gasteiger partial charge in [-0.1, -0.05) is 0 Å². The Morgan fingerprint density at radius 1 is 1.04 bits per heavy atom. The van der Waals surface area contributed by atoms with Crippen molar-refractivity contribution < 1.29 is 9.53 Å². The van der Waals surface area contributed by atoms with Crippen molar-refractivity contribution in [1.82, 2.24) is 4.90 Å². The topological polar surface area (TPSA) is 29.5 Å². The van der Waals surface area contributed by atoms with E-state index < -0.39 is 0 Å². The molecule has 2 aromatic rings. The van der Waals surface area contributed by atoms with Crippen molar-refractivity contribution in [3.63, 3.8) is 0 Å². The summed E-state index contributed by atoms with van der Waals surface area (Å²) in [7, 11) is 0. The molecule has 0 saturated carbocycles. The third-order valence-corrected chi connectivity index (χ3v) is 4.74. The highest BCUT2D eigenvalue weighted by Gasteiger charge is 2.23. The molecule has 4 heteroatoms. The number of rotatable bonds is 6. The zero-order chi connectivity index (χ0) is 17.0. The van der Waals surface area contributed by atoms with Crippen LogP contribution in [-0.4, -0.2) is 29.5 Å².